The molecule has 1 unspecified atom stereocenters. The lowest BCUT2D eigenvalue weighted by atomic mass is 10.1. The summed E-state index contributed by atoms with van der Waals surface area (Å²) in [7, 11) is 0. The first-order valence-corrected chi connectivity index (χ1v) is 2.90. The largest absolute Gasteiger partial charge is 0.0837 e. The lowest BCUT2D eigenvalue weighted by molar-refractivity contribution is 0.659. The van der Waals surface area contributed by atoms with Crippen LogP contribution >= 0.6 is 12.2 Å². The van der Waals surface area contributed by atoms with E-state index in [0.29, 0.717) is 5.92 Å². The minimum atomic E-state index is 0.484. The SMILES string of the molecule is [CH2]C(CC)C[C]=S. The average Bonchev–Trinajstić information content (AvgIpc) is 1.68. The Labute approximate surface area is 50.9 Å². The summed E-state index contributed by atoms with van der Waals surface area (Å²) < 4.78 is 0. The van der Waals surface area contributed by atoms with Crippen molar-refractivity contribution in [1.29, 1.82) is 0 Å². The summed E-state index contributed by atoms with van der Waals surface area (Å²) in [5, 5.41) is 2.64. The second-order valence-electron chi connectivity index (χ2n) is 1.62. The fourth-order valence-electron chi connectivity index (χ4n) is 0.262. The molecule has 0 rings (SSSR count). The first kappa shape index (κ1) is 7.09. The lowest BCUT2D eigenvalue weighted by Gasteiger charge is -1.98. The van der Waals surface area contributed by atoms with E-state index in [1.54, 1.807) is 0 Å². The van der Waals surface area contributed by atoms with Gasteiger partial charge in [0.05, 0.1) is 0 Å². The highest BCUT2D eigenvalue weighted by Crippen LogP contribution is 2.01. The molecule has 0 heterocycles. The number of rotatable bonds is 3. The zero-order valence-corrected chi connectivity index (χ0v) is 5.42. The maximum atomic E-state index is 4.50. The predicted molar refractivity (Wildman–Crippen MR) is 36.4 cm³/mol. The molecule has 1 heteroatoms. The van der Waals surface area contributed by atoms with Crippen molar-refractivity contribution in [2.45, 2.75) is 19.8 Å². The fraction of sp³-hybridized carbons (Fsp3) is 0.667. The van der Waals surface area contributed by atoms with Crippen molar-refractivity contribution in [2.75, 3.05) is 0 Å². The van der Waals surface area contributed by atoms with Crippen LogP contribution in [0.25, 0.3) is 0 Å². The number of thiocarbonyl (C=S) groups is 1. The minimum Gasteiger partial charge on any atom is -0.0837 e. The molecule has 0 aliphatic rings. The lowest BCUT2D eigenvalue weighted by Crippen LogP contribution is -1.90. The van der Waals surface area contributed by atoms with Crippen molar-refractivity contribution < 1.29 is 0 Å². The molecule has 2 radical (unpaired) electrons. The van der Waals surface area contributed by atoms with Crippen molar-refractivity contribution in [3.63, 3.8) is 0 Å². The third-order valence-corrected chi connectivity index (χ3v) is 1.12. The molecule has 0 bridgehead atoms. The Kier molecular flexibility index (Phi) is 4.31. The van der Waals surface area contributed by atoms with E-state index in [2.05, 4.69) is 31.4 Å². The first-order chi connectivity index (χ1) is 3.31. The van der Waals surface area contributed by atoms with Gasteiger partial charge in [0.25, 0.3) is 0 Å². The van der Waals surface area contributed by atoms with Gasteiger partial charge in [-0.25, -0.2) is 0 Å². The highest BCUT2D eigenvalue weighted by Gasteiger charge is 1.92. The number of hydrogen-bond donors (Lipinski definition) is 0. The molecule has 0 aliphatic carbocycles. The van der Waals surface area contributed by atoms with Gasteiger partial charge in [-0.05, 0) is 19.3 Å². The summed E-state index contributed by atoms with van der Waals surface area (Å²) in [6.45, 7) is 5.92. The monoisotopic (exact) mass is 114 g/mol. The summed E-state index contributed by atoms with van der Waals surface area (Å²) in [6.07, 6.45) is 1.95. The Morgan fingerprint density at radius 2 is 2.43 bits per heavy atom. The van der Waals surface area contributed by atoms with E-state index >= 15 is 0 Å². The molecule has 0 aliphatic heterocycles. The van der Waals surface area contributed by atoms with Crippen LogP contribution < -0.4 is 0 Å². The van der Waals surface area contributed by atoms with E-state index in [4.69, 9.17) is 0 Å². The quantitative estimate of drug-likeness (QED) is 0.506. The fourth-order valence-corrected chi connectivity index (χ4v) is 0.498. The van der Waals surface area contributed by atoms with Gasteiger partial charge >= 0.3 is 0 Å². The zero-order chi connectivity index (χ0) is 5.70. The van der Waals surface area contributed by atoms with Crippen LogP contribution in [0.5, 0.6) is 0 Å². The highest BCUT2D eigenvalue weighted by molar-refractivity contribution is 7.78. The first-order valence-electron chi connectivity index (χ1n) is 2.49. The van der Waals surface area contributed by atoms with Crippen LogP contribution in [-0.4, -0.2) is 5.37 Å². The summed E-state index contributed by atoms with van der Waals surface area (Å²) in [6, 6.07) is 0. The van der Waals surface area contributed by atoms with Crippen molar-refractivity contribution >= 4 is 17.6 Å². The van der Waals surface area contributed by atoms with Gasteiger partial charge < -0.3 is 0 Å². The maximum absolute atomic E-state index is 4.50. The van der Waals surface area contributed by atoms with E-state index < -0.39 is 0 Å². The second kappa shape index (κ2) is 4.25. The maximum Gasteiger partial charge on any atom is 0.0294 e. The Balaban J connectivity index is 2.98. The Bertz CT molecular complexity index is 50.1. The van der Waals surface area contributed by atoms with E-state index in [9.17, 15) is 0 Å². The highest BCUT2D eigenvalue weighted by atomic mass is 32.1. The molecule has 0 fully saturated rings. The van der Waals surface area contributed by atoms with Crippen LogP contribution in [0.1, 0.15) is 19.8 Å². The molecule has 7 heavy (non-hydrogen) atoms. The second-order valence-corrected chi connectivity index (χ2v) is 1.91. The molecule has 0 aromatic rings. The molecule has 0 aromatic heterocycles. The molecular formula is C6H10S. The third kappa shape index (κ3) is 3.93. The van der Waals surface area contributed by atoms with Gasteiger partial charge in [-0.2, -0.15) is 0 Å². The molecule has 0 saturated heterocycles. The molecule has 0 aromatic carbocycles. The van der Waals surface area contributed by atoms with Gasteiger partial charge in [-0.1, -0.05) is 25.6 Å². The van der Waals surface area contributed by atoms with Gasteiger partial charge in [0.1, 0.15) is 0 Å². The Morgan fingerprint density at radius 1 is 1.86 bits per heavy atom. The molecule has 1 atom stereocenters. The van der Waals surface area contributed by atoms with Crippen molar-refractivity contribution in [3.8, 4) is 0 Å². The van der Waals surface area contributed by atoms with Gasteiger partial charge in [0, 0.05) is 5.37 Å². The summed E-state index contributed by atoms with van der Waals surface area (Å²) in [5.74, 6) is 0.484. The number of hydrogen-bond acceptors (Lipinski definition) is 1. The van der Waals surface area contributed by atoms with E-state index in [0.717, 1.165) is 12.8 Å². The smallest absolute Gasteiger partial charge is 0.0294 e. The minimum absolute atomic E-state index is 0.484. The normalized spacial score (nSPS) is 13.4. The van der Waals surface area contributed by atoms with Gasteiger partial charge in [-0.3, -0.25) is 0 Å². The Hall–Kier alpha value is 0.0900. The molecule has 0 nitrogen and oxygen atoms in total. The summed E-state index contributed by atoms with van der Waals surface area (Å²) in [4.78, 5) is 0. The van der Waals surface area contributed by atoms with Crippen LogP contribution in [0, 0.1) is 12.8 Å². The van der Waals surface area contributed by atoms with Crippen LogP contribution in [0.15, 0.2) is 0 Å². The predicted octanol–water partition coefficient (Wildman–Crippen LogP) is 2.11. The summed E-state index contributed by atoms with van der Waals surface area (Å²) in [5.41, 5.74) is 0. The van der Waals surface area contributed by atoms with Crippen LogP contribution in [-0.2, 0) is 0 Å². The van der Waals surface area contributed by atoms with Gasteiger partial charge in [0.2, 0.25) is 0 Å². The van der Waals surface area contributed by atoms with E-state index in [-0.39, 0.29) is 0 Å². The molecule has 0 saturated carbocycles. The standard InChI is InChI=1S/C6H10S/c1-3-6(2)4-5-7/h6H,2-4H2,1H3. The van der Waals surface area contributed by atoms with E-state index in [1.165, 1.54) is 0 Å². The molecule has 40 valence electrons. The molecule has 0 N–H and O–H groups in total. The van der Waals surface area contributed by atoms with Crippen molar-refractivity contribution in [1.82, 2.24) is 0 Å². The van der Waals surface area contributed by atoms with Crippen molar-refractivity contribution in [3.05, 3.63) is 6.92 Å². The van der Waals surface area contributed by atoms with Crippen LogP contribution in [0.2, 0.25) is 0 Å². The molecular weight excluding hydrogens is 104 g/mol. The topological polar surface area (TPSA) is 0 Å². The third-order valence-electron chi connectivity index (χ3n) is 0.949. The van der Waals surface area contributed by atoms with Gasteiger partial charge in [0.15, 0.2) is 0 Å². The van der Waals surface area contributed by atoms with Crippen molar-refractivity contribution in [2.24, 2.45) is 5.92 Å². The average molecular weight is 114 g/mol. The molecule has 0 spiro atoms. The zero-order valence-electron chi connectivity index (χ0n) is 4.61. The van der Waals surface area contributed by atoms with E-state index in [1.807, 2.05) is 0 Å². The van der Waals surface area contributed by atoms with Crippen LogP contribution in [0.4, 0.5) is 0 Å². The molecule has 0 amide bonds. The Morgan fingerprint density at radius 3 is 2.57 bits per heavy atom. The summed E-state index contributed by atoms with van der Waals surface area (Å²) >= 11 is 4.50. The van der Waals surface area contributed by atoms with Crippen LogP contribution in [0.3, 0.4) is 0 Å². The van der Waals surface area contributed by atoms with Gasteiger partial charge in [-0.15, -0.1) is 0 Å².